The van der Waals surface area contributed by atoms with Crippen LogP contribution < -0.4 is 25.6 Å². The van der Waals surface area contributed by atoms with Gasteiger partial charge in [-0.05, 0) is 55.6 Å². The minimum Gasteiger partial charge on any atom is -0.495 e. The Kier molecular flexibility index (Phi) is 9.85. The van der Waals surface area contributed by atoms with Crippen LogP contribution in [0.1, 0.15) is 43.4 Å². The highest BCUT2D eigenvalue weighted by atomic mass is 19.4. The molecular weight excluding hydrogens is 596 g/mol. The Morgan fingerprint density at radius 3 is 2.53 bits per heavy atom. The lowest BCUT2D eigenvalue weighted by Crippen LogP contribution is -2.52. The average molecular weight is 635 g/mol. The number of ether oxygens (including phenoxy) is 1. The van der Waals surface area contributed by atoms with Crippen molar-refractivity contribution in [2.75, 3.05) is 62.0 Å². The third-order valence-corrected chi connectivity index (χ3v) is 8.49. The lowest BCUT2D eigenvalue weighted by atomic mass is 9.98. The smallest absolute Gasteiger partial charge is 0.419 e. The van der Waals surface area contributed by atoms with Crippen molar-refractivity contribution < 1.29 is 36.7 Å². The number of alkyl halides is 3. The van der Waals surface area contributed by atoms with Crippen molar-refractivity contribution in [3.05, 3.63) is 59.9 Å². The Labute approximate surface area is 259 Å². The normalized spacial score (nSPS) is 22.7. The summed E-state index contributed by atoms with van der Waals surface area (Å²) in [6.45, 7) is 8.30. The minimum absolute atomic E-state index is 0.0154. The molecule has 3 aliphatic heterocycles. The average Bonchev–Trinajstić information content (AvgIpc) is 3.51. The second-order valence-electron chi connectivity index (χ2n) is 11.3. The summed E-state index contributed by atoms with van der Waals surface area (Å²) in [5.74, 6) is -1.10. The maximum absolute atomic E-state index is 14.0. The molecule has 10 nitrogen and oxygen atoms in total. The van der Waals surface area contributed by atoms with Gasteiger partial charge in [0.05, 0.1) is 48.5 Å². The molecule has 2 aromatic carbocycles. The number of nitrogens with zero attached hydrogens (tertiary/aromatic N) is 3. The van der Waals surface area contributed by atoms with Gasteiger partial charge in [0.1, 0.15) is 11.6 Å². The zero-order valence-corrected chi connectivity index (χ0v) is 25.3. The Morgan fingerprint density at radius 2 is 1.87 bits per heavy atom. The summed E-state index contributed by atoms with van der Waals surface area (Å²) >= 11 is 0. The monoisotopic (exact) mass is 634 g/mol. The van der Waals surface area contributed by atoms with E-state index in [9.17, 15) is 27.2 Å². The molecule has 3 saturated heterocycles. The van der Waals surface area contributed by atoms with Crippen LogP contribution in [0.2, 0.25) is 0 Å². The fraction of sp³-hybridized carbons (Fsp3) is 0.484. The van der Waals surface area contributed by atoms with Crippen LogP contribution in [-0.4, -0.2) is 80.4 Å². The van der Waals surface area contributed by atoms with Crippen LogP contribution in [0.5, 0.6) is 5.75 Å². The van der Waals surface area contributed by atoms with Gasteiger partial charge in [0.25, 0.3) is 0 Å². The molecule has 2 aromatic rings. The van der Waals surface area contributed by atoms with E-state index in [1.807, 2.05) is 12.1 Å². The van der Waals surface area contributed by atoms with Gasteiger partial charge in [-0.1, -0.05) is 12.6 Å². The number of hydrogen-bond acceptors (Lipinski definition) is 8. The number of piperidine rings is 1. The van der Waals surface area contributed by atoms with Gasteiger partial charge >= 0.3 is 6.18 Å². The van der Waals surface area contributed by atoms with Crippen LogP contribution in [0.3, 0.4) is 0 Å². The van der Waals surface area contributed by atoms with E-state index < -0.39 is 23.6 Å². The van der Waals surface area contributed by atoms with E-state index in [4.69, 9.17) is 9.57 Å². The third kappa shape index (κ3) is 7.34. The molecule has 244 valence electrons. The van der Waals surface area contributed by atoms with E-state index >= 15 is 0 Å². The van der Waals surface area contributed by atoms with Gasteiger partial charge in [0, 0.05) is 45.2 Å². The van der Waals surface area contributed by atoms with Gasteiger partial charge in [0.2, 0.25) is 11.8 Å². The Morgan fingerprint density at radius 1 is 1.11 bits per heavy atom. The second-order valence-corrected chi connectivity index (χ2v) is 11.3. The number of piperazine rings is 1. The first-order valence-corrected chi connectivity index (χ1v) is 14.9. The molecule has 0 saturated carbocycles. The van der Waals surface area contributed by atoms with Gasteiger partial charge in [-0.3, -0.25) is 19.7 Å². The summed E-state index contributed by atoms with van der Waals surface area (Å²) in [4.78, 5) is 34.0. The highest BCUT2D eigenvalue weighted by molar-refractivity contribution is 6.02. The van der Waals surface area contributed by atoms with Crippen molar-refractivity contribution in [1.29, 1.82) is 0 Å². The zero-order valence-electron chi connectivity index (χ0n) is 25.3. The largest absolute Gasteiger partial charge is 0.495 e. The molecule has 0 aliphatic carbocycles. The van der Waals surface area contributed by atoms with E-state index in [2.05, 4.69) is 27.4 Å². The molecule has 3 heterocycles. The predicted octanol–water partition coefficient (Wildman–Crippen LogP) is 4.51. The summed E-state index contributed by atoms with van der Waals surface area (Å²) in [6, 6.07) is 6.20. The van der Waals surface area contributed by atoms with E-state index in [0.29, 0.717) is 74.9 Å². The molecule has 3 atom stereocenters. The van der Waals surface area contributed by atoms with E-state index in [1.54, 1.807) is 24.0 Å². The predicted molar refractivity (Wildman–Crippen MR) is 161 cm³/mol. The quantitative estimate of drug-likeness (QED) is 0.288. The molecule has 45 heavy (non-hydrogen) atoms. The third-order valence-electron chi connectivity index (χ3n) is 8.49. The molecule has 0 bridgehead atoms. The standard InChI is InChI=1S/C31H38F4N6O4/c1-4-30(43)38-24-17-25(28(44-3)18-27(24)40-12-10-39(11-13-40)19(2)42)37-21-7-9-36-29(16-21)41-26(8-14-45-41)20-5-6-23(32)22(15-20)31(33,34)35/h4-6,15,17-18,21,26,29,36-37H,1,7-14,16H2,2-3H3,(H,38,43)/t21-,26?,29?/m1/s1. The first kappa shape index (κ1) is 32.5. The molecule has 3 N–H and O–H groups in total. The van der Waals surface area contributed by atoms with Gasteiger partial charge in [-0.15, -0.1) is 0 Å². The Hall–Kier alpha value is -3.88. The lowest BCUT2D eigenvalue weighted by Gasteiger charge is -2.39. The van der Waals surface area contributed by atoms with Crippen molar-refractivity contribution in [3.8, 4) is 5.75 Å². The number of hydroxylamine groups is 2. The highest BCUT2D eigenvalue weighted by Crippen LogP contribution is 2.40. The van der Waals surface area contributed by atoms with E-state index in [-0.39, 0.29) is 24.0 Å². The van der Waals surface area contributed by atoms with Crippen molar-refractivity contribution in [1.82, 2.24) is 15.3 Å². The lowest BCUT2D eigenvalue weighted by molar-refractivity contribution is -0.177. The van der Waals surface area contributed by atoms with Crippen LogP contribution in [0.4, 0.5) is 34.6 Å². The van der Waals surface area contributed by atoms with Crippen LogP contribution in [0.15, 0.2) is 43.0 Å². The van der Waals surface area contributed by atoms with Gasteiger partial charge in [-0.2, -0.15) is 18.2 Å². The van der Waals surface area contributed by atoms with E-state index in [0.717, 1.165) is 24.2 Å². The van der Waals surface area contributed by atoms with Crippen LogP contribution in [0.25, 0.3) is 0 Å². The topological polar surface area (TPSA) is 98.4 Å². The summed E-state index contributed by atoms with van der Waals surface area (Å²) in [5, 5.41) is 11.5. The summed E-state index contributed by atoms with van der Waals surface area (Å²) in [6.07, 6.45) is -2.21. The fourth-order valence-corrected chi connectivity index (χ4v) is 6.17. The summed E-state index contributed by atoms with van der Waals surface area (Å²) in [5.41, 5.74) is 1.01. The second kappa shape index (κ2) is 13.6. The van der Waals surface area contributed by atoms with Crippen molar-refractivity contribution in [2.45, 2.75) is 50.6 Å². The number of benzene rings is 2. The summed E-state index contributed by atoms with van der Waals surface area (Å²) in [7, 11) is 1.56. The van der Waals surface area contributed by atoms with Gasteiger partial charge in [-0.25, -0.2) is 4.39 Å². The number of halogens is 4. The van der Waals surface area contributed by atoms with E-state index in [1.165, 1.54) is 12.1 Å². The SMILES string of the molecule is C=CC(=O)Nc1cc(N[C@@H]2CCNC(N3OCCC3c3ccc(F)c(C(F)(F)F)c3)C2)c(OC)cc1N1CCN(C(C)=O)CC1. The molecule has 2 amide bonds. The molecule has 5 rings (SSSR count). The van der Waals surface area contributed by atoms with Crippen LogP contribution in [0, 0.1) is 5.82 Å². The maximum Gasteiger partial charge on any atom is 0.419 e. The first-order valence-electron chi connectivity index (χ1n) is 14.9. The Bertz CT molecular complexity index is 1420. The number of methoxy groups -OCH3 is 1. The van der Waals surface area contributed by atoms with Crippen molar-refractivity contribution in [3.63, 3.8) is 0 Å². The minimum atomic E-state index is -4.80. The van der Waals surface area contributed by atoms with Crippen LogP contribution >= 0.6 is 0 Å². The Balaban J connectivity index is 1.35. The molecular formula is C31H38F4N6O4. The maximum atomic E-state index is 14.0. The van der Waals surface area contributed by atoms with Gasteiger partial charge in [0.15, 0.2) is 0 Å². The van der Waals surface area contributed by atoms with Crippen molar-refractivity contribution >= 4 is 28.9 Å². The molecule has 3 aliphatic rings. The molecule has 3 fully saturated rings. The fourth-order valence-electron chi connectivity index (χ4n) is 6.17. The first-order chi connectivity index (χ1) is 21.5. The highest BCUT2D eigenvalue weighted by Gasteiger charge is 2.39. The number of rotatable bonds is 8. The number of anilines is 3. The zero-order chi connectivity index (χ0) is 32.3. The number of hydrogen-bond donors (Lipinski definition) is 3. The molecule has 0 aromatic heterocycles. The molecule has 14 heteroatoms. The number of amides is 2. The van der Waals surface area contributed by atoms with Gasteiger partial charge < -0.3 is 25.2 Å². The summed E-state index contributed by atoms with van der Waals surface area (Å²) < 4.78 is 60.0. The number of carbonyl (C=O) groups excluding carboxylic acids is 2. The molecule has 0 spiro atoms. The number of nitrogens with one attached hydrogen (secondary N) is 3. The van der Waals surface area contributed by atoms with Crippen LogP contribution in [-0.2, 0) is 20.6 Å². The molecule has 0 radical (unpaired) electrons. The molecule has 2 unspecified atom stereocenters. The van der Waals surface area contributed by atoms with Crippen molar-refractivity contribution in [2.24, 2.45) is 0 Å². The number of carbonyl (C=O) groups is 2.